The minimum atomic E-state index is -3.60. The summed E-state index contributed by atoms with van der Waals surface area (Å²) in [5.74, 6) is -0.151. The van der Waals surface area contributed by atoms with Crippen LogP contribution in [0.3, 0.4) is 0 Å². The van der Waals surface area contributed by atoms with Crippen LogP contribution in [0.4, 0.5) is 0 Å². The lowest BCUT2D eigenvalue weighted by molar-refractivity contribution is 0.0727. The third-order valence-electron chi connectivity index (χ3n) is 4.94. The first-order chi connectivity index (χ1) is 12.6. The van der Waals surface area contributed by atoms with E-state index in [9.17, 15) is 13.2 Å². The number of aromatic nitrogens is 1. The van der Waals surface area contributed by atoms with Crippen molar-refractivity contribution >= 4 is 27.3 Å². The Bertz CT molecular complexity index is 870. The third-order valence-corrected chi connectivity index (χ3v) is 7.51. The third kappa shape index (κ3) is 3.20. The Morgan fingerprint density at radius 1 is 1.27 bits per heavy atom. The maximum atomic E-state index is 12.9. The fraction of sp³-hybridized carbons (Fsp3) is 0.471. The van der Waals surface area contributed by atoms with Gasteiger partial charge in [-0.25, -0.2) is 8.42 Å². The van der Waals surface area contributed by atoms with E-state index in [-0.39, 0.29) is 16.8 Å². The Balaban J connectivity index is 1.55. The first kappa shape index (κ1) is 17.7. The van der Waals surface area contributed by atoms with Crippen LogP contribution in [-0.2, 0) is 14.8 Å². The number of morpholine rings is 1. The standard InChI is InChI=1S/C17H21N3O4S2/c21-17(20-4-1-2-16(20)13-3-9-25-12-13)15-10-14(11-18-15)26(22,23)19-5-7-24-8-6-19/h3,9-12,16,18H,1-2,4-8H2. The number of aromatic amines is 1. The molecule has 0 saturated carbocycles. The van der Waals surface area contributed by atoms with Gasteiger partial charge in [-0.05, 0) is 41.3 Å². The van der Waals surface area contributed by atoms with E-state index >= 15 is 0 Å². The molecule has 2 aromatic heterocycles. The molecule has 1 unspecified atom stereocenters. The predicted octanol–water partition coefficient (Wildman–Crippen LogP) is 2.07. The number of H-pyrrole nitrogens is 1. The molecule has 0 aliphatic carbocycles. The molecular formula is C17H21N3O4S2. The van der Waals surface area contributed by atoms with Crippen molar-refractivity contribution in [2.45, 2.75) is 23.8 Å². The van der Waals surface area contributed by atoms with E-state index < -0.39 is 10.0 Å². The number of hydrogen-bond acceptors (Lipinski definition) is 5. The van der Waals surface area contributed by atoms with Crippen LogP contribution in [0.25, 0.3) is 0 Å². The van der Waals surface area contributed by atoms with Crippen molar-refractivity contribution in [1.29, 1.82) is 0 Å². The zero-order valence-corrected chi connectivity index (χ0v) is 15.9. The summed E-state index contributed by atoms with van der Waals surface area (Å²) in [6.07, 6.45) is 3.29. The molecule has 2 aliphatic rings. The summed E-state index contributed by atoms with van der Waals surface area (Å²) in [5, 5.41) is 4.08. The molecule has 1 atom stereocenters. The molecule has 0 bridgehead atoms. The van der Waals surface area contributed by atoms with Crippen molar-refractivity contribution in [2.24, 2.45) is 0 Å². The number of sulfonamides is 1. The van der Waals surface area contributed by atoms with E-state index in [2.05, 4.69) is 10.4 Å². The van der Waals surface area contributed by atoms with Crippen molar-refractivity contribution in [3.63, 3.8) is 0 Å². The lowest BCUT2D eigenvalue weighted by Crippen LogP contribution is -2.40. The maximum absolute atomic E-state index is 12.9. The van der Waals surface area contributed by atoms with Crippen LogP contribution in [0.1, 0.15) is 34.9 Å². The molecule has 140 valence electrons. The van der Waals surface area contributed by atoms with Crippen LogP contribution in [0.5, 0.6) is 0 Å². The number of nitrogens with zero attached hydrogens (tertiary/aromatic N) is 2. The molecule has 1 amide bonds. The van der Waals surface area contributed by atoms with Gasteiger partial charge in [0.25, 0.3) is 5.91 Å². The largest absolute Gasteiger partial charge is 0.379 e. The van der Waals surface area contributed by atoms with Gasteiger partial charge in [0.2, 0.25) is 10.0 Å². The van der Waals surface area contributed by atoms with E-state index in [1.807, 2.05) is 16.3 Å². The number of carbonyl (C=O) groups excluding carboxylic acids is 1. The Morgan fingerprint density at radius 3 is 2.81 bits per heavy atom. The molecule has 4 heterocycles. The quantitative estimate of drug-likeness (QED) is 0.859. The zero-order valence-electron chi connectivity index (χ0n) is 14.3. The van der Waals surface area contributed by atoms with E-state index in [4.69, 9.17) is 4.74 Å². The summed E-state index contributed by atoms with van der Waals surface area (Å²) >= 11 is 1.62. The van der Waals surface area contributed by atoms with Crippen LogP contribution in [0.2, 0.25) is 0 Å². The van der Waals surface area contributed by atoms with Crippen molar-refractivity contribution in [3.8, 4) is 0 Å². The SMILES string of the molecule is O=C(c1cc(S(=O)(=O)N2CCOCC2)c[nH]1)N1CCCC1c1ccsc1. The van der Waals surface area contributed by atoms with Gasteiger partial charge >= 0.3 is 0 Å². The maximum Gasteiger partial charge on any atom is 0.270 e. The van der Waals surface area contributed by atoms with E-state index in [0.717, 1.165) is 18.4 Å². The summed E-state index contributed by atoms with van der Waals surface area (Å²) in [5.41, 5.74) is 1.47. The number of nitrogens with one attached hydrogen (secondary N) is 1. The highest BCUT2D eigenvalue weighted by molar-refractivity contribution is 7.89. The highest BCUT2D eigenvalue weighted by Crippen LogP contribution is 2.34. The molecule has 9 heteroatoms. The summed E-state index contributed by atoms with van der Waals surface area (Å²) < 4.78 is 32.1. The first-order valence-corrected chi connectivity index (χ1v) is 11.0. The molecule has 1 N–H and O–H groups in total. The number of ether oxygens (including phenoxy) is 1. The minimum Gasteiger partial charge on any atom is -0.379 e. The van der Waals surface area contributed by atoms with Crippen molar-refractivity contribution in [3.05, 3.63) is 40.3 Å². The molecule has 2 aromatic rings. The van der Waals surface area contributed by atoms with E-state index in [1.165, 1.54) is 16.6 Å². The first-order valence-electron chi connectivity index (χ1n) is 8.67. The van der Waals surface area contributed by atoms with Crippen LogP contribution in [-0.4, -0.2) is 61.4 Å². The van der Waals surface area contributed by atoms with Crippen LogP contribution < -0.4 is 0 Å². The topological polar surface area (TPSA) is 82.7 Å². The number of hydrogen-bond donors (Lipinski definition) is 1. The molecule has 0 spiro atoms. The van der Waals surface area contributed by atoms with Gasteiger partial charge in [0.1, 0.15) is 10.6 Å². The zero-order chi connectivity index (χ0) is 18.1. The van der Waals surface area contributed by atoms with Gasteiger partial charge in [-0.15, -0.1) is 0 Å². The molecule has 7 nitrogen and oxygen atoms in total. The highest BCUT2D eigenvalue weighted by atomic mass is 32.2. The second-order valence-electron chi connectivity index (χ2n) is 6.48. The van der Waals surface area contributed by atoms with Gasteiger partial charge in [0.05, 0.1) is 19.3 Å². The van der Waals surface area contributed by atoms with Gasteiger partial charge in [0, 0.05) is 25.8 Å². The van der Waals surface area contributed by atoms with E-state index in [1.54, 1.807) is 11.3 Å². The van der Waals surface area contributed by atoms with Crippen molar-refractivity contribution < 1.29 is 17.9 Å². The van der Waals surface area contributed by atoms with Gasteiger partial charge in [-0.3, -0.25) is 4.79 Å². The highest BCUT2D eigenvalue weighted by Gasteiger charge is 2.33. The van der Waals surface area contributed by atoms with Gasteiger partial charge in [-0.1, -0.05) is 0 Å². The number of carbonyl (C=O) groups is 1. The van der Waals surface area contributed by atoms with Gasteiger partial charge in [0.15, 0.2) is 0 Å². The normalized spacial score (nSPS) is 22.0. The van der Waals surface area contributed by atoms with Gasteiger partial charge in [-0.2, -0.15) is 15.6 Å². The summed E-state index contributed by atoms with van der Waals surface area (Å²) in [7, 11) is -3.60. The van der Waals surface area contributed by atoms with Crippen LogP contribution in [0, 0.1) is 0 Å². The number of likely N-dealkylation sites (tertiary alicyclic amines) is 1. The predicted molar refractivity (Wildman–Crippen MR) is 97.7 cm³/mol. The Labute approximate surface area is 156 Å². The van der Waals surface area contributed by atoms with E-state index in [0.29, 0.717) is 38.5 Å². The molecule has 4 rings (SSSR count). The molecule has 0 radical (unpaired) electrons. The summed E-state index contributed by atoms with van der Waals surface area (Å²) in [6.45, 7) is 2.15. The average molecular weight is 396 g/mol. The van der Waals surface area contributed by atoms with Crippen LogP contribution in [0.15, 0.2) is 34.0 Å². The Morgan fingerprint density at radius 2 is 2.08 bits per heavy atom. The average Bonchev–Trinajstić information content (AvgIpc) is 3.42. The molecule has 2 aliphatic heterocycles. The number of thiophene rings is 1. The monoisotopic (exact) mass is 395 g/mol. The fourth-order valence-electron chi connectivity index (χ4n) is 3.56. The number of amides is 1. The molecule has 2 saturated heterocycles. The molecule has 2 fully saturated rings. The summed E-state index contributed by atoms with van der Waals surface area (Å²) in [6, 6.07) is 3.57. The Kier molecular flexibility index (Phi) is 4.87. The minimum absolute atomic E-state index is 0.0661. The summed E-state index contributed by atoms with van der Waals surface area (Å²) in [4.78, 5) is 17.8. The van der Waals surface area contributed by atoms with Crippen molar-refractivity contribution in [2.75, 3.05) is 32.8 Å². The number of rotatable bonds is 4. The molecular weight excluding hydrogens is 374 g/mol. The van der Waals surface area contributed by atoms with Gasteiger partial charge < -0.3 is 14.6 Å². The smallest absolute Gasteiger partial charge is 0.270 e. The Hall–Kier alpha value is -1.68. The lowest BCUT2D eigenvalue weighted by Gasteiger charge is -2.25. The molecule has 0 aromatic carbocycles. The second-order valence-corrected chi connectivity index (χ2v) is 9.20. The lowest BCUT2D eigenvalue weighted by atomic mass is 10.1. The second kappa shape index (κ2) is 7.15. The fourth-order valence-corrected chi connectivity index (χ4v) is 5.67. The molecule has 26 heavy (non-hydrogen) atoms. The van der Waals surface area contributed by atoms with Crippen molar-refractivity contribution in [1.82, 2.24) is 14.2 Å². The van der Waals surface area contributed by atoms with Crippen LogP contribution >= 0.6 is 11.3 Å².